The molecule has 0 amide bonds. The van der Waals surface area contributed by atoms with Gasteiger partial charge in [-0.1, -0.05) is 0 Å². The molecule has 3 N–H and O–H groups in total. The highest BCUT2D eigenvalue weighted by Crippen LogP contribution is 2.36. The molecule has 0 radical (unpaired) electrons. The first kappa shape index (κ1) is 23.0. The first-order valence-corrected chi connectivity index (χ1v) is 12.1. The van der Waals surface area contributed by atoms with Crippen LogP contribution in [0.15, 0.2) is 36.4 Å². The Morgan fingerprint density at radius 1 is 0.862 bits per heavy atom. The molecule has 0 unspecified atom stereocenters. The van der Waals surface area contributed by atoms with E-state index in [0.717, 1.165) is 7.14 Å². The van der Waals surface area contributed by atoms with E-state index in [9.17, 15) is 20.1 Å². The molecule has 1 heterocycles. The van der Waals surface area contributed by atoms with Gasteiger partial charge >= 0.3 is 5.97 Å². The number of ether oxygens (including phenoxy) is 1. The summed E-state index contributed by atoms with van der Waals surface area (Å²) in [5, 5.41) is 29.0. The Hall–Kier alpha value is -0.690. The molecule has 3 rings (SSSR count). The van der Waals surface area contributed by atoms with Gasteiger partial charge in [-0.3, -0.25) is 0 Å². The highest BCUT2D eigenvalue weighted by Gasteiger charge is 2.17. The van der Waals surface area contributed by atoms with E-state index in [1.54, 1.807) is 24.3 Å². The minimum atomic E-state index is -0.644. The van der Waals surface area contributed by atoms with Gasteiger partial charge in [0.25, 0.3) is 0 Å². The van der Waals surface area contributed by atoms with Crippen LogP contribution in [0, 0.1) is 14.3 Å². The number of aromatic hydroxyl groups is 3. The Morgan fingerprint density at radius 2 is 1.38 bits per heavy atom. The van der Waals surface area contributed by atoms with E-state index in [4.69, 9.17) is 9.57 Å². The molecule has 0 spiro atoms. The van der Waals surface area contributed by atoms with Crippen LogP contribution in [-0.4, -0.2) is 26.0 Å². The van der Waals surface area contributed by atoms with Crippen molar-refractivity contribution in [1.29, 1.82) is 0 Å². The van der Waals surface area contributed by atoms with Gasteiger partial charge in [-0.2, -0.15) is 0 Å². The van der Waals surface area contributed by atoms with E-state index in [2.05, 4.69) is 45.2 Å². The van der Waals surface area contributed by atoms with Crippen molar-refractivity contribution in [3.63, 3.8) is 0 Å². The number of phenolic OH excluding ortho intramolecular Hbond substituents is 1. The lowest BCUT2D eigenvalue weighted by Gasteiger charge is -2.13. The maximum absolute atomic E-state index is 12.2. The topological polar surface area (TPSA) is 101 Å². The molecule has 0 aliphatic rings. The number of carbonyl (C=O) groups excluding carboxylic acids is 1. The molecule has 0 aliphatic heterocycles. The SMILES string of the molecule is O=C(Cc1cc(I)c(Oc2cc(I)c(O)c(I)c2)c(I)c1)On1c(O)ccc1O. The monoisotopic (exact) mass is 845 g/mol. The van der Waals surface area contributed by atoms with E-state index in [1.807, 2.05) is 45.2 Å². The summed E-state index contributed by atoms with van der Waals surface area (Å²) in [4.78, 5) is 17.1. The Morgan fingerprint density at radius 3 is 1.90 bits per heavy atom. The lowest BCUT2D eigenvalue weighted by molar-refractivity contribution is -0.144. The molecule has 0 saturated carbocycles. The minimum Gasteiger partial charge on any atom is -0.506 e. The summed E-state index contributed by atoms with van der Waals surface area (Å²) in [6, 6.07) is 9.51. The van der Waals surface area contributed by atoms with E-state index < -0.39 is 5.97 Å². The Kier molecular flexibility index (Phi) is 7.63. The molecule has 3 aromatic rings. The molecule has 0 aliphatic carbocycles. The highest BCUT2D eigenvalue weighted by molar-refractivity contribution is 14.1. The molecule has 0 bridgehead atoms. The normalized spacial score (nSPS) is 10.8. The zero-order valence-electron chi connectivity index (χ0n) is 14.2. The summed E-state index contributed by atoms with van der Waals surface area (Å²) < 4.78 is 9.63. The number of nitrogens with zero attached hydrogens (tertiary/aromatic N) is 1. The molecular formula is C18H11I4NO6. The van der Waals surface area contributed by atoms with E-state index in [1.165, 1.54) is 12.1 Å². The van der Waals surface area contributed by atoms with Crippen LogP contribution < -0.4 is 9.57 Å². The molecule has 0 atom stereocenters. The van der Waals surface area contributed by atoms with Crippen molar-refractivity contribution in [3.05, 3.63) is 56.2 Å². The van der Waals surface area contributed by atoms with Crippen LogP contribution in [0.5, 0.6) is 29.0 Å². The fourth-order valence-corrected chi connectivity index (χ4v) is 6.16. The smallest absolute Gasteiger partial charge is 0.337 e. The van der Waals surface area contributed by atoms with Crippen molar-refractivity contribution < 1.29 is 29.7 Å². The Bertz CT molecular complexity index is 1030. The molecule has 1 aromatic heterocycles. The van der Waals surface area contributed by atoms with Gasteiger partial charge in [0.2, 0.25) is 11.8 Å². The predicted molar refractivity (Wildman–Crippen MR) is 139 cm³/mol. The van der Waals surface area contributed by atoms with Gasteiger partial charge in [-0.25, -0.2) is 4.79 Å². The number of halogens is 4. The molecule has 0 saturated heterocycles. The molecule has 29 heavy (non-hydrogen) atoms. The van der Waals surface area contributed by atoms with Crippen LogP contribution in [0.2, 0.25) is 0 Å². The highest BCUT2D eigenvalue weighted by atomic mass is 127. The molecular weight excluding hydrogens is 834 g/mol. The molecule has 152 valence electrons. The van der Waals surface area contributed by atoms with E-state index in [0.29, 0.717) is 28.9 Å². The van der Waals surface area contributed by atoms with Crippen molar-refractivity contribution in [2.24, 2.45) is 0 Å². The van der Waals surface area contributed by atoms with Gasteiger partial charge in [0.05, 0.1) is 20.7 Å². The first-order valence-electron chi connectivity index (χ1n) is 7.80. The number of carbonyl (C=O) groups is 1. The summed E-state index contributed by atoms with van der Waals surface area (Å²) in [6.45, 7) is 0. The van der Waals surface area contributed by atoms with Crippen LogP contribution >= 0.6 is 90.4 Å². The van der Waals surface area contributed by atoms with E-state index >= 15 is 0 Å². The largest absolute Gasteiger partial charge is 0.506 e. The first-order chi connectivity index (χ1) is 13.7. The van der Waals surface area contributed by atoms with Gasteiger partial charge in [0, 0.05) is 12.1 Å². The van der Waals surface area contributed by atoms with Crippen molar-refractivity contribution in [2.75, 3.05) is 0 Å². The van der Waals surface area contributed by atoms with Gasteiger partial charge in [-0.15, -0.1) is 4.73 Å². The fourth-order valence-electron chi connectivity index (χ4n) is 2.33. The second-order valence-electron chi connectivity index (χ2n) is 5.71. The maximum atomic E-state index is 12.2. The zero-order chi connectivity index (χ0) is 21.3. The third-order valence-corrected chi connectivity index (χ3v) is 6.85. The Labute approximate surface area is 219 Å². The van der Waals surface area contributed by atoms with Crippen LogP contribution in [0.25, 0.3) is 0 Å². The molecule has 2 aromatic carbocycles. The molecule has 7 nitrogen and oxygen atoms in total. The van der Waals surface area contributed by atoms with Crippen LogP contribution in [-0.2, 0) is 11.2 Å². The van der Waals surface area contributed by atoms with Crippen LogP contribution in [0.1, 0.15) is 5.56 Å². The van der Waals surface area contributed by atoms with E-state index in [-0.39, 0.29) is 23.9 Å². The van der Waals surface area contributed by atoms with Gasteiger partial charge in [0.15, 0.2) is 5.75 Å². The number of aromatic nitrogens is 1. The number of rotatable bonds is 5. The number of phenols is 1. The minimum absolute atomic E-state index is 0.0572. The quantitative estimate of drug-likeness (QED) is 0.313. The fraction of sp³-hybridized carbons (Fsp3) is 0.0556. The van der Waals surface area contributed by atoms with Gasteiger partial charge in [0.1, 0.15) is 11.5 Å². The summed E-state index contributed by atoms with van der Waals surface area (Å²) in [7, 11) is 0. The second-order valence-corrected chi connectivity index (χ2v) is 10.4. The maximum Gasteiger partial charge on any atom is 0.337 e. The number of benzene rings is 2. The summed E-state index contributed by atoms with van der Waals surface area (Å²) >= 11 is 8.32. The third kappa shape index (κ3) is 5.52. The third-order valence-electron chi connectivity index (χ3n) is 3.61. The van der Waals surface area contributed by atoms with Gasteiger partial charge in [-0.05, 0) is 120 Å². The van der Waals surface area contributed by atoms with Crippen molar-refractivity contribution in [3.8, 4) is 29.0 Å². The average Bonchev–Trinajstić information content (AvgIpc) is 2.94. The summed E-state index contributed by atoms with van der Waals surface area (Å²) in [5.41, 5.74) is 0.692. The van der Waals surface area contributed by atoms with Gasteiger partial charge < -0.3 is 24.9 Å². The Balaban J connectivity index is 1.78. The lowest BCUT2D eigenvalue weighted by atomic mass is 10.1. The lowest BCUT2D eigenvalue weighted by Crippen LogP contribution is -2.21. The van der Waals surface area contributed by atoms with Crippen molar-refractivity contribution in [1.82, 2.24) is 4.73 Å². The summed E-state index contributed by atoms with van der Waals surface area (Å²) in [5.74, 6) is 0.0644. The predicted octanol–water partition coefficient (Wildman–Crippen LogP) is 5.01. The van der Waals surface area contributed by atoms with Crippen LogP contribution in [0.3, 0.4) is 0 Å². The van der Waals surface area contributed by atoms with Crippen LogP contribution in [0.4, 0.5) is 0 Å². The average molecular weight is 845 g/mol. The number of hydrogen-bond acceptors (Lipinski definition) is 6. The summed E-state index contributed by atoms with van der Waals surface area (Å²) in [6.07, 6.45) is -0.0572. The standard InChI is InChI=1S/C18H11I4NO6/c19-10-6-9(7-11(20)17(10)27)28-18-12(21)3-8(4-13(18)22)5-16(26)29-23-14(24)1-2-15(23)25/h1-4,6-7,24-25,27H,5H2. The number of hydrogen-bond donors (Lipinski definition) is 3. The second kappa shape index (κ2) is 9.63. The molecule has 11 heteroatoms. The van der Waals surface area contributed by atoms with Crippen molar-refractivity contribution in [2.45, 2.75) is 6.42 Å². The van der Waals surface area contributed by atoms with Crippen molar-refractivity contribution >= 4 is 96.3 Å². The molecule has 0 fully saturated rings. The zero-order valence-corrected chi connectivity index (χ0v) is 22.8.